The zero-order valence-corrected chi connectivity index (χ0v) is 29.0. The Morgan fingerprint density at radius 2 is 1.61 bits per heavy atom. The smallest absolute Gasteiger partial charge is 0.220 e. The molecule has 0 saturated carbocycles. The zero-order chi connectivity index (χ0) is 34.4. The van der Waals surface area contributed by atoms with Crippen LogP contribution in [0.15, 0.2) is 102 Å². The maximum Gasteiger partial charge on any atom is 0.220 e. The molecule has 3 N–H and O–H groups in total. The highest BCUT2D eigenvalue weighted by Gasteiger charge is 2.32. The van der Waals surface area contributed by atoms with Gasteiger partial charge in [0.15, 0.2) is 6.29 Å². The number of carbonyl (C=O) groups is 2. The minimum atomic E-state index is -0.569. The number of aliphatic hydroxyl groups is 1. The van der Waals surface area contributed by atoms with Crippen LogP contribution in [0.1, 0.15) is 73.7 Å². The fourth-order valence-corrected chi connectivity index (χ4v) is 6.86. The van der Waals surface area contributed by atoms with Gasteiger partial charge in [0, 0.05) is 49.1 Å². The Morgan fingerprint density at radius 3 is 2.39 bits per heavy atom. The first-order valence-electron chi connectivity index (χ1n) is 16.9. The number of unbranched alkanes of at least 4 members (excludes halogenated alkanes) is 2. The van der Waals surface area contributed by atoms with Gasteiger partial charge in [0.1, 0.15) is 5.75 Å². The lowest BCUT2D eigenvalue weighted by molar-refractivity contribution is -0.245. The molecule has 0 spiro atoms. The maximum absolute atomic E-state index is 12.5. The molecule has 1 fully saturated rings. The second-order valence-electron chi connectivity index (χ2n) is 12.2. The minimum Gasteiger partial charge on any atom is -0.496 e. The quantitative estimate of drug-likeness (QED) is 0.0830. The number of nitrogens with one attached hydrogen (secondary N) is 2. The van der Waals surface area contributed by atoms with E-state index in [2.05, 4.69) is 41.0 Å². The van der Waals surface area contributed by atoms with Crippen LogP contribution in [0.5, 0.6) is 5.75 Å². The molecule has 9 heteroatoms. The Balaban J connectivity index is 1.25. The van der Waals surface area contributed by atoms with Gasteiger partial charge in [0.05, 0.1) is 25.9 Å². The van der Waals surface area contributed by atoms with Crippen molar-refractivity contribution in [2.75, 3.05) is 19.4 Å². The van der Waals surface area contributed by atoms with Gasteiger partial charge in [-0.3, -0.25) is 9.59 Å². The van der Waals surface area contributed by atoms with Crippen LogP contribution in [0, 0.1) is 0 Å². The molecule has 3 unspecified atom stereocenters. The number of para-hydroxylation sites is 1. The molecule has 3 atom stereocenters. The molecule has 258 valence electrons. The molecule has 1 aliphatic heterocycles. The zero-order valence-electron chi connectivity index (χ0n) is 28.2. The van der Waals surface area contributed by atoms with Crippen LogP contribution in [0.4, 0.5) is 0 Å². The summed E-state index contributed by atoms with van der Waals surface area (Å²) in [7, 11) is 1.69. The lowest BCUT2D eigenvalue weighted by Gasteiger charge is -2.36. The molecule has 0 radical (unpaired) electrons. The third-order valence-electron chi connectivity index (χ3n) is 8.47. The van der Waals surface area contributed by atoms with E-state index in [0.29, 0.717) is 25.9 Å². The van der Waals surface area contributed by atoms with E-state index < -0.39 is 6.29 Å². The van der Waals surface area contributed by atoms with Gasteiger partial charge in [0.25, 0.3) is 0 Å². The Bertz CT molecular complexity index is 1660. The van der Waals surface area contributed by atoms with Crippen molar-refractivity contribution >= 4 is 23.6 Å². The Kier molecular flexibility index (Phi) is 13.7. The van der Waals surface area contributed by atoms with Gasteiger partial charge < -0.3 is 30.0 Å². The van der Waals surface area contributed by atoms with Crippen LogP contribution in [0.2, 0.25) is 0 Å². The summed E-state index contributed by atoms with van der Waals surface area (Å²) in [6.07, 6.45) is 2.89. The Morgan fingerprint density at radius 1 is 0.837 bits per heavy atom. The summed E-state index contributed by atoms with van der Waals surface area (Å²) >= 11 is 1.71. The first-order chi connectivity index (χ1) is 23.9. The number of hydrogen-bond acceptors (Lipinski definition) is 7. The number of amides is 2. The largest absolute Gasteiger partial charge is 0.496 e. The number of carbonyl (C=O) groups excluding carboxylic acids is 2. The SMILES string of the molecule is COc1ccccc1SCC1CC(c2ccc(CO)cc2)OC(c2cccc(-c3cccc(CNC(=O)CCCCCNC(C)=O)c3)c2)O1. The molecule has 1 aliphatic rings. The van der Waals surface area contributed by atoms with E-state index in [1.165, 1.54) is 6.92 Å². The summed E-state index contributed by atoms with van der Waals surface area (Å²) in [5.41, 5.74) is 5.94. The topological polar surface area (TPSA) is 106 Å². The van der Waals surface area contributed by atoms with E-state index in [9.17, 15) is 14.7 Å². The number of methoxy groups -OCH3 is 1. The van der Waals surface area contributed by atoms with E-state index in [0.717, 1.165) is 69.0 Å². The lowest BCUT2D eigenvalue weighted by Crippen LogP contribution is -2.31. The van der Waals surface area contributed by atoms with Crippen LogP contribution in [-0.4, -0.2) is 42.4 Å². The molecule has 0 aromatic heterocycles. The fourth-order valence-electron chi connectivity index (χ4n) is 5.81. The van der Waals surface area contributed by atoms with Crippen molar-refractivity contribution in [1.29, 1.82) is 0 Å². The van der Waals surface area contributed by atoms with Crippen LogP contribution in [-0.2, 0) is 32.2 Å². The van der Waals surface area contributed by atoms with Gasteiger partial charge in [-0.1, -0.05) is 79.2 Å². The summed E-state index contributed by atoms with van der Waals surface area (Å²) in [6.45, 7) is 2.61. The number of hydrogen-bond donors (Lipinski definition) is 3. The molecule has 4 aromatic rings. The van der Waals surface area contributed by atoms with E-state index in [4.69, 9.17) is 14.2 Å². The Labute approximate surface area is 293 Å². The highest BCUT2D eigenvalue weighted by Crippen LogP contribution is 2.41. The molecular weight excluding hydrogens is 637 g/mol. The summed E-state index contributed by atoms with van der Waals surface area (Å²) in [5, 5.41) is 15.4. The highest BCUT2D eigenvalue weighted by atomic mass is 32.2. The van der Waals surface area contributed by atoms with Crippen molar-refractivity contribution in [3.63, 3.8) is 0 Å². The molecule has 1 saturated heterocycles. The predicted molar refractivity (Wildman–Crippen MR) is 193 cm³/mol. The van der Waals surface area contributed by atoms with Gasteiger partial charge in [0.2, 0.25) is 11.8 Å². The van der Waals surface area contributed by atoms with Gasteiger partial charge in [-0.25, -0.2) is 0 Å². The monoisotopic (exact) mass is 682 g/mol. The molecule has 1 heterocycles. The second-order valence-corrected chi connectivity index (χ2v) is 13.3. The lowest BCUT2D eigenvalue weighted by atomic mass is 9.99. The number of thioether (sulfide) groups is 1. The van der Waals surface area contributed by atoms with Gasteiger partial charge in [-0.05, 0) is 64.9 Å². The first kappa shape index (κ1) is 36.1. The molecule has 0 aliphatic carbocycles. The third kappa shape index (κ3) is 10.9. The molecule has 2 amide bonds. The van der Waals surface area contributed by atoms with E-state index in [-0.39, 0.29) is 30.6 Å². The average molecular weight is 683 g/mol. The predicted octanol–water partition coefficient (Wildman–Crippen LogP) is 7.50. The van der Waals surface area contributed by atoms with Gasteiger partial charge in [-0.2, -0.15) is 0 Å². The summed E-state index contributed by atoms with van der Waals surface area (Å²) in [4.78, 5) is 24.5. The van der Waals surface area contributed by atoms with Crippen molar-refractivity contribution in [2.45, 2.75) is 75.6 Å². The van der Waals surface area contributed by atoms with Crippen LogP contribution in [0.25, 0.3) is 11.1 Å². The number of benzene rings is 4. The number of aliphatic hydroxyl groups excluding tert-OH is 1. The summed E-state index contributed by atoms with van der Waals surface area (Å²) in [5.74, 6) is 1.58. The molecule has 8 nitrogen and oxygen atoms in total. The molecule has 0 bridgehead atoms. The molecular formula is C40H46N2O6S. The third-order valence-corrected chi connectivity index (χ3v) is 9.66. The van der Waals surface area contributed by atoms with Crippen molar-refractivity contribution in [3.8, 4) is 16.9 Å². The van der Waals surface area contributed by atoms with Crippen molar-refractivity contribution in [2.24, 2.45) is 0 Å². The first-order valence-corrected chi connectivity index (χ1v) is 17.9. The van der Waals surface area contributed by atoms with Gasteiger partial charge >= 0.3 is 0 Å². The van der Waals surface area contributed by atoms with Gasteiger partial charge in [-0.15, -0.1) is 11.8 Å². The van der Waals surface area contributed by atoms with E-state index in [1.54, 1.807) is 18.9 Å². The van der Waals surface area contributed by atoms with Crippen molar-refractivity contribution in [3.05, 3.63) is 119 Å². The number of rotatable bonds is 16. The normalized spacial score (nSPS) is 17.3. The van der Waals surface area contributed by atoms with Crippen molar-refractivity contribution < 1.29 is 28.9 Å². The van der Waals surface area contributed by atoms with Crippen molar-refractivity contribution in [1.82, 2.24) is 10.6 Å². The average Bonchev–Trinajstić information content (AvgIpc) is 3.14. The summed E-state index contributed by atoms with van der Waals surface area (Å²) in [6, 6.07) is 32.4. The molecule has 5 rings (SSSR count). The standard InChI is InChI=1S/C40H46N2O6S/c1-28(44)41-21-7-3-4-16-39(45)42-25-30-10-8-11-32(22-30)33-12-9-13-34(23-33)40-47-35(27-49-38-15-6-5-14-36(38)46-2)24-37(48-40)31-19-17-29(26-43)18-20-31/h5-6,8-15,17-20,22-23,35,37,40,43H,3-4,7,16,21,24-27H2,1-2H3,(H,41,44)(H,42,45). The molecule has 49 heavy (non-hydrogen) atoms. The van der Waals surface area contributed by atoms with E-state index in [1.807, 2.05) is 66.7 Å². The van der Waals surface area contributed by atoms with Crippen LogP contribution in [0.3, 0.4) is 0 Å². The number of ether oxygens (including phenoxy) is 3. The highest BCUT2D eigenvalue weighted by molar-refractivity contribution is 7.99. The van der Waals surface area contributed by atoms with E-state index >= 15 is 0 Å². The van der Waals surface area contributed by atoms with Crippen LogP contribution < -0.4 is 15.4 Å². The fraction of sp³-hybridized carbons (Fsp3) is 0.350. The second kappa shape index (κ2) is 18.6. The summed E-state index contributed by atoms with van der Waals surface area (Å²) < 4.78 is 18.8. The van der Waals surface area contributed by atoms with Crippen LogP contribution >= 0.6 is 11.8 Å². The Hall–Kier alpha value is -4.15. The molecule has 4 aromatic carbocycles. The minimum absolute atomic E-state index is 0.00178. The maximum atomic E-state index is 12.5.